The molecule has 0 radical (unpaired) electrons. The zero-order valence-electron chi connectivity index (χ0n) is 20.2. The molecular formula is C26H27ClN6O3. The van der Waals surface area contributed by atoms with Crippen molar-refractivity contribution in [2.45, 2.75) is 13.8 Å². The maximum atomic E-state index is 12.4. The quantitative estimate of drug-likeness (QED) is 0.489. The van der Waals surface area contributed by atoms with Gasteiger partial charge in [-0.2, -0.15) is 10.4 Å². The molecule has 2 heterocycles. The van der Waals surface area contributed by atoms with E-state index < -0.39 is 5.91 Å². The Hall–Kier alpha value is -3.87. The molecule has 0 unspecified atom stereocenters. The van der Waals surface area contributed by atoms with E-state index in [1.54, 1.807) is 29.8 Å². The molecule has 1 aliphatic heterocycles. The number of esters is 1. The van der Waals surface area contributed by atoms with Crippen LogP contribution in [-0.4, -0.2) is 65.9 Å². The molecular weight excluding hydrogens is 480 g/mol. The molecule has 2 aromatic carbocycles. The fourth-order valence-corrected chi connectivity index (χ4v) is 4.54. The fourth-order valence-electron chi connectivity index (χ4n) is 4.41. The molecule has 0 spiro atoms. The van der Waals surface area contributed by atoms with Gasteiger partial charge < -0.3 is 15.4 Å². The van der Waals surface area contributed by atoms with Gasteiger partial charge in [0.2, 0.25) is 0 Å². The molecule has 0 aliphatic carbocycles. The number of piperazine rings is 1. The average Bonchev–Trinajstić information content (AvgIpc) is 3.21. The first kappa shape index (κ1) is 25.2. The molecule has 36 heavy (non-hydrogen) atoms. The summed E-state index contributed by atoms with van der Waals surface area (Å²) in [5, 5.41) is 15.2. The molecule has 3 aromatic rings. The van der Waals surface area contributed by atoms with Crippen LogP contribution in [0.25, 0.3) is 16.9 Å². The maximum Gasteiger partial charge on any atom is 0.302 e. The van der Waals surface area contributed by atoms with Gasteiger partial charge >= 0.3 is 5.97 Å². The molecule has 0 saturated carbocycles. The van der Waals surface area contributed by atoms with E-state index in [2.05, 4.69) is 21.0 Å². The van der Waals surface area contributed by atoms with Crippen LogP contribution in [0, 0.1) is 18.3 Å². The summed E-state index contributed by atoms with van der Waals surface area (Å²) in [6.45, 7) is 7.32. The van der Waals surface area contributed by atoms with E-state index in [0.29, 0.717) is 46.3 Å². The molecule has 1 fully saturated rings. The highest BCUT2D eigenvalue weighted by atomic mass is 35.5. The lowest BCUT2D eigenvalue weighted by molar-refractivity contribution is -0.141. The number of nitrogens with two attached hydrogens (primary N) is 1. The number of hydrogen-bond acceptors (Lipinski definition) is 7. The molecule has 186 valence electrons. The van der Waals surface area contributed by atoms with E-state index in [9.17, 15) is 14.9 Å². The minimum atomic E-state index is -0.588. The topological polar surface area (TPSA) is 117 Å². The third-order valence-corrected chi connectivity index (χ3v) is 6.50. The molecule has 9 nitrogen and oxygen atoms in total. The number of anilines is 1. The van der Waals surface area contributed by atoms with Gasteiger partial charge in [0.15, 0.2) is 0 Å². The summed E-state index contributed by atoms with van der Waals surface area (Å²) in [4.78, 5) is 27.7. The number of ether oxygens (including phenoxy) is 1. The van der Waals surface area contributed by atoms with E-state index in [1.165, 1.54) is 6.92 Å². The lowest BCUT2D eigenvalue weighted by Gasteiger charge is -2.36. The largest absolute Gasteiger partial charge is 0.465 e. The Morgan fingerprint density at radius 1 is 1.14 bits per heavy atom. The maximum absolute atomic E-state index is 12.4. The third-order valence-electron chi connectivity index (χ3n) is 6.25. The van der Waals surface area contributed by atoms with E-state index >= 15 is 0 Å². The Morgan fingerprint density at radius 3 is 2.44 bits per heavy atom. The lowest BCUT2D eigenvalue weighted by atomic mass is 10.0. The standard InChI is InChI=1S/C26H27ClN6O3/c1-17-24(26(29)35)25(30-33(17)22-6-4-21(27)5-7-22)19-3-8-23(20(15-19)16-28)32-11-9-31(10-12-32)13-14-36-18(2)34/h3-8,15H,9-14H2,1-2H3,(H2,29,35). The normalized spacial score (nSPS) is 13.9. The summed E-state index contributed by atoms with van der Waals surface area (Å²) in [5.41, 5.74) is 9.78. The number of nitriles is 1. The second kappa shape index (κ2) is 10.8. The highest BCUT2D eigenvalue weighted by Crippen LogP contribution is 2.31. The Bertz CT molecular complexity index is 1320. The Kier molecular flexibility index (Phi) is 7.58. The number of carbonyl (C=O) groups excluding carboxylic acids is 2. The highest BCUT2D eigenvalue weighted by molar-refractivity contribution is 6.30. The molecule has 0 atom stereocenters. The number of amides is 1. The lowest BCUT2D eigenvalue weighted by Crippen LogP contribution is -2.47. The van der Waals surface area contributed by atoms with Crippen LogP contribution in [0.3, 0.4) is 0 Å². The zero-order valence-corrected chi connectivity index (χ0v) is 21.0. The van der Waals surface area contributed by atoms with Crippen molar-refractivity contribution in [2.24, 2.45) is 5.73 Å². The van der Waals surface area contributed by atoms with Crippen molar-refractivity contribution in [2.75, 3.05) is 44.2 Å². The van der Waals surface area contributed by atoms with Gasteiger partial charge in [0.1, 0.15) is 18.4 Å². The van der Waals surface area contributed by atoms with Crippen LogP contribution in [-0.2, 0) is 9.53 Å². The number of benzene rings is 2. The Balaban J connectivity index is 1.59. The predicted molar refractivity (Wildman–Crippen MR) is 137 cm³/mol. The van der Waals surface area contributed by atoms with Gasteiger partial charge in [-0.1, -0.05) is 17.7 Å². The molecule has 2 N–H and O–H groups in total. The monoisotopic (exact) mass is 506 g/mol. The van der Waals surface area contributed by atoms with Crippen LogP contribution < -0.4 is 10.6 Å². The first-order chi connectivity index (χ1) is 17.3. The first-order valence-electron chi connectivity index (χ1n) is 11.6. The second-order valence-electron chi connectivity index (χ2n) is 8.57. The number of halogens is 1. The van der Waals surface area contributed by atoms with Crippen molar-refractivity contribution in [1.29, 1.82) is 5.26 Å². The van der Waals surface area contributed by atoms with Crippen molar-refractivity contribution in [3.63, 3.8) is 0 Å². The summed E-state index contributed by atoms with van der Waals surface area (Å²) in [7, 11) is 0. The smallest absolute Gasteiger partial charge is 0.302 e. The molecule has 10 heteroatoms. The van der Waals surface area contributed by atoms with Gasteiger partial charge in [-0.25, -0.2) is 4.68 Å². The van der Waals surface area contributed by atoms with Gasteiger partial charge in [-0.15, -0.1) is 0 Å². The van der Waals surface area contributed by atoms with E-state index in [-0.39, 0.29) is 5.97 Å². The molecule has 4 rings (SSSR count). The summed E-state index contributed by atoms with van der Waals surface area (Å²) in [6, 6.07) is 14.9. The van der Waals surface area contributed by atoms with Crippen LogP contribution in [0.15, 0.2) is 42.5 Å². The van der Waals surface area contributed by atoms with Crippen LogP contribution in [0.1, 0.15) is 28.5 Å². The van der Waals surface area contributed by atoms with E-state index in [0.717, 1.165) is 37.6 Å². The van der Waals surface area contributed by atoms with Crippen LogP contribution >= 0.6 is 11.6 Å². The SMILES string of the molecule is CC(=O)OCCN1CCN(c2ccc(-c3nn(-c4ccc(Cl)cc4)c(C)c3C(N)=O)cc2C#N)CC1. The number of nitrogens with zero attached hydrogens (tertiary/aromatic N) is 5. The molecule has 1 amide bonds. The van der Waals surface area contributed by atoms with E-state index in [4.69, 9.17) is 22.1 Å². The number of rotatable bonds is 7. The van der Waals surface area contributed by atoms with Gasteiger partial charge in [-0.05, 0) is 43.3 Å². The van der Waals surface area contributed by atoms with E-state index in [1.807, 2.05) is 24.3 Å². The minimum absolute atomic E-state index is 0.278. The van der Waals surface area contributed by atoms with Crippen molar-refractivity contribution in [3.05, 3.63) is 64.3 Å². The molecule has 1 saturated heterocycles. The van der Waals surface area contributed by atoms with Gasteiger partial charge in [0, 0.05) is 50.2 Å². The summed E-state index contributed by atoms with van der Waals surface area (Å²) < 4.78 is 6.69. The molecule has 0 bridgehead atoms. The van der Waals surface area contributed by atoms with Gasteiger partial charge in [0.25, 0.3) is 5.91 Å². The average molecular weight is 507 g/mol. The van der Waals surface area contributed by atoms with Crippen LogP contribution in [0.2, 0.25) is 5.02 Å². The van der Waals surface area contributed by atoms with Crippen molar-refractivity contribution in [1.82, 2.24) is 14.7 Å². The minimum Gasteiger partial charge on any atom is -0.465 e. The summed E-state index contributed by atoms with van der Waals surface area (Å²) in [6.07, 6.45) is 0. The van der Waals surface area contributed by atoms with Crippen molar-refractivity contribution >= 4 is 29.2 Å². The number of aromatic nitrogens is 2. The second-order valence-corrected chi connectivity index (χ2v) is 9.01. The molecule has 1 aliphatic rings. The number of carbonyl (C=O) groups is 2. The third kappa shape index (κ3) is 5.35. The number of hydrogen-bond donors (Lipinski definition) is 1. The summed E-state index contributed by atoms with van der Waals surface area (Å²) in [5.74, 6) is -0.866. The Labute approximate surface area is 214 Å². The summed E-state index contributed by atoms with van der Waals surface area (Å²) >= 11 is 6.02. The predicted octanol–water partition coefficient (Wildman–Crippen LogP) is 3.16. The fraction of sp³-hybridized carbons (Fsp3) is 0.308. The zero-order chi connectivity index (χ0) is 25.8. The van der Waals surface area contributed by atoms with Crippen LogP contribution in [0.5, 0.6) is 0 Å². The number of primary amides is 1. The molecule has 1 aromatic heterocycles. The highest BCUT2D eigenvalue weighted by Gasteiger charge is 2.24. The van der Waals surface area contributed by atoms with Gasteiger partial charge in [-0.3, -0.25) is 14.5 Å². The first-order valence-corrected chi connectivity index (χ1v) is 12.0. The van der Waals surface area contributed by atoms with Crippen molar-refractivity contribution < 1.29 is 14.3 Å². The Morgan fingerprint density at radius 2 is 1.83 bits per heavy atom. The van der Waals surface area contributed by atoms with Crippen molar-refractivity contribution in [3.8, 4) is 23.0 Å². The van der Waals surface area contributed by atoms with Crippen LogP contribution in [0.4, 0.5) is 5.69 Å². The van der Waals surface area contributed by atoms with Gasteiger partial charge in [0.05, 0.1) is 28.2 Å².